The molecule has 0 spiro atoms. The highest BCUT2D eigenvalue weighted by Crippen LogP contribution is 2.32. The standard InChI is InChI=1S/C21H29N3O5S/c1-5-23-8-10-24(11-9-23)20(25)14-30(26)13-17-15(2)29-21(22-17)16-6-7-18(27-3)19(12-16)28-4/h6-7,12H,5,8-11,13-14H2,1-4H3/t30-/m0/s1. The van der Waals surface area contributed by atoms with Crippen LogP contribution in [0, 0.1) is 6.92 Å². The maximum absolute atomic E-state index is 12.6. The first-order valence-electron chi connectivity index (χ1n) is 9.99. The van der Waals surface area contributed by atoms with Crippen LogP contribution >= 0.6 is 0 Å². The van der Waals surface area contributed by atoms with Crippen molar-refractivity contribution in [2.75, 3.05) is 52.7 Å². The Kier molecular flexibility index (Phi) is 7.49. The molecule has 0 saturated carbocycles. The van der Waals surface area contributed by atoms with Crippen LogP contribution in [0.5, 0.6) is 11.5 Å². The van der Waals surface area contributed by atoms with Gasteiger partial charge in [0.25, 0.3) is 0 Å². The highest BCUT2D eigenvalue weighted by atomic mass is 32.2. The van der Waals surface area contributed by atoms with E-state index in [0.29, 0.717) is 41.9 Å². The predicted molar refractivity (Wildman–Crippen MR) is 115 cm³/mol. The van der Waals surface area contributed by atoms with E-state index in [0.717, 1.165) is 25.2 Å². The summed E-state index contributed by atoms with van der Waals surface area (Å²) in [6, 6.07) is 5.39. The van der Waals surface area contributed by atoms with Gasteiger partial charge >= 0.3 is 0 Å². The summed E-state index contributed by atoms with van der Waals surface area (Å²) in [4.78, 5) is 21.1. The zero-order chi connectivity index (χ0) is 21.7. The maximum Gasteiger partial charge on any atom is 0.235 e. The molecule has 1 aliphatic heterocycles. The first kappa shape index (κ1) is 22.3. The van der Waals surface area contributed by atoms with Gasteiger partial charge < -0.3 is 23.7 Å². The Balaban J connectivity index is 1.63. The number of oxazole rings is 1. The third-order valence-corrected chi connectivity index (χ3v) is 6.44. The summed E-state index contributed by atoms with van der Waals surface area (Å²) in [6.07, 6.45) is 0. The number of benzene rings is 1. The Labute approximate surface area is 179 Å². The zero-order valence-corrected chi connectivity index (χ0v) is 18.8. The lowest BCUT2D eigenvalue weighted by atomic mass is 10.2. The third-order valence-electron chi connectivity index (χ3n) is 5.28. The average Bonchev–Trinajstić information content (AvgIpc) is 3.13. The Morgan fingerprint density at radius 2 is 1.87 bits per heavy atom. The molecule has 1 aromatic heterocycles. The van der Waals surface area contributed by atoms with Crippen molar-refractivity contribution >= 4 is 16.7 Å². The van der Waals surface area contributed by atoms with Gasteiger partial charge in [-0.2, -0.15) is 0 Å². The van der Waals surface area contributed by atoms with Crippen LogP contribution in [-0.4, -0.2) is 77.6 Å². The molecule has 2 aromatic rings. The number of rotatable bonds is 8. The molecule has 2 heterocycles. The van der Waals surface area contributed by atoms with Crippen LogP contribution in [0.2, 0.25) is 0 Å². The van der Waals surface area contributed by atoms with E-state index in [1.807, 2.05) is 6.07 Å². The number of nitrogens with zero attached hydrogens (tertiary/aromatic N) is 3. The van der Waals surface area contributed by atoms with Crippen LogP contribution < -0.4 is 9.47 Å². The summed E-state index contributed by atoms with van der Waals surface area (Å²) in [5.74, 6) is 2.33. The third kappa shape index (κ3) is 5.20. The molecule has 0 unspecified atom stereocenters. The fourth-order valence-electron chi connectivity index (χ4n) is 3.40. The second-order valence-corrected chi connectivity index (χ2v) is 8.59. The first-order chi connectivity index (χ1) is 14.4. The minimum absolute atomic E-state index is 0.00408. The van der Waals surface area contributed by atoms with Gasteiger partial charge in [0.1, 0.15) is 11.5 Å². The van der Waals surface area contributed by atoms with Crippen molar-refractivity contribution in [3.8, 4) is 23.0 Å². The van der Waals surface area contributed by atoms with E-state index in [9.17, 15) is 9.00 Å². The van der Waals surface area contributed by atoms with Crippen LogP contribution in [0.1, 0.15) is 18.4 Å². The van der Waals surface area contributed by atoms with Crippen LogP contribution in [0.3, 0.4) is 0 Å². The smallest absolute Gasteiger partial charge is 0.235 e. The quantitative estimate of drug-likeness (QED) is 0.628. The van der Waals surface area contributed by atoms with Crippen LogP contribution in [0.25, 0.3) is 11.5 Å². The first-order valence-corrected chi connectivity index (χ1v) is 11.5. The van der Waals surface area contributed by atoms with Gasteiger partial charge in [0.2, 0.25) is 11.8 Å². The molecule has 8 nitrogen and oxygen atoms in total. The summed E-state index contributed by atoms with van der Waals surface area (Å²) < 4.78 is 29.0. The number of aryl methyl sites for hydroxylation is 1. The molecule has 1 aliphatic rings. The molecule has 0 radical (unpaired) electrons. The van der Waals surface area contributed by atoms with Crippen molar-refractivity contribution < 1.29 is 22.9 Å². The Hall–Kier alpha value is -2.39. The van der Waals surface area contributed by atoms with Crippen LogP contribution in [0.4, 0.5) is 0 Å². The summed E-state index contributed by atoms with van der Waals surface area (Å²) >= 11 is 0. The SMILES string of the molecule is CCN1CCN(C(=O)C[S@@](=O)Cc2nc(-c3ccc(OC)c(OC)c3)oc2C)CC1. The maximum atomic E-state index is 12.6. The molecule has 1 fully saturated rings. The molecule has 1 atom stereocenters. The van der Waals surface area contributed by atoms with Crippen molar-refractivity contribution in [2.45, 2.75) is 19.6 Å². The fourth-order valence-corrected chi connectivity index (χ4v) is 4.53. The summed E-state index contributed by atoms with van der Waals surface area (Å²) in [5, 5.41) is 0. The van der Waals surface area contributed by atoms with Gasteiger partial charge in [-0.25, -0.2) is 4.98 Å². The van der Waals surface area contributed by atoms with Crippen LogP contribution in [-0.2, 0) is 21.3 Å². The lowest BCUT2D eigenvalue weighted by molar-refractivity contribution is -0.130. The minimum Gasteiger partial charge on any atom is -0.493 e. The largest absolute Gasteiger partial charge is 0.493 e. The van der Waals surface area contributed by atoms with Crippen molar-refractivity contribution in [1.82, 2.24) is 14.8 Å². The predicted octanol–water partition coefficient (Wildman–Crippen LogP) is 2.08. The monoisotopic (exact) mass is 435 g/mol. The Bertz CT molecular complexity index is 906. The highest BCUT2D eigenvalue weighted by molar-refractivity contribution is 7.84. The molecule has 0 N–H and O–H groups in total. The normalized spacial score (nSPS) is 15.8. The number of amides is 1. The van der Waals surface area contributed by atoms with Crippen molar-refractivity contribution in [3.05, 3.63) is 29.7 Å². The number of carbonyl (C=O) groups is 1. The second-order valence-electron chi connectivity index (χ2n) is 7.14. The van der Waals surface area contributed by atoms with E-state index in [-0.39, 0.29) is 17.4 Å². The molecule has 30 heavy (non-hydrogen) atoms. The van der Waals surface area contributed by atoms with E-state index in [1.54, 1.807) is 38.2 Å². The van der Waals surface area contributed by atoms with E-state index < -0.39 is 10.8 Å². The molecule has 0 aliphatic carbocycles. The van der Waals surface area contributed by atoms with E-state index >= 15 is 0 Å². The van der Waals surface area contributed by atoms with Gasteiger partial charge in [0, 0.05) is 42.5 Å². The van der Waals surface area contributed by atoms with Gasteiger partial charge in [-0.15, -0.1) is 0 Å². The highest BCUT2D eigenvalue weighted by Gasteiger charge is 2.23. The number of likely N-dealkylation sites (N-methyl/N-ethyl adjacent to an activating group) is 1. The number of hydrogen-bond acceptors (Lipinski definition) is 7. The molecule has 1 amide bonds. The second kappa shape index (κ2) is 10.1. The summed E-state index contributed by atoms with van der Waals surface area (Å²) in [7, 11) is 1.79. The van der Waals surface area contributed by atoms with Gasteiger partial charge in [0.05, 0.1) is 25.7 Å². The van der Waals surface area contributed by atoms with E-state index in [2.05, 4.69) is 16.8 Å². The molecule has 0 bridgehead atoms. The summed E-state index contributed by atoms with van der Waals surface area (Å²) in [5.41, 5.74) is 1.33. The molecule has 164 valence electrons. The minimum atomic E-state index is -1.35. The zero-order valence-electron chi connectivity index (χ0n) is 18.0. The Morgan fingerprint density at radius 3 is 2.50 bits per heavy atom. The van der Waals surface area contributed by atoms with Crippen molar-refractivity contribution in [1.29, 1.82) is 0 Å². The van der Waals surface area contributed by atoms with E-state index in [4.69, 9.17) is 13.9 Å². The Morgan fingerprint density at radius 1 is 1.17 bits per heavy atom. The van der Waals surface area contributed by atoms with Crippen molar-refractivity contribution in [3.63, 3.8) is 0 Å². The van der Waals surface area contributed by atoms with Gasteiger partial charge in [-0.1, -0.05) is 6.92 Å². The fraction of sp³-hybridized carbons (Fsp3) is 0.524. The number of methoxy groups -OCH3 is 2. The number of carbonyl (C=O) groups excluding carboxylic acids is 1. The molecular weight excluding hydrogens is 406 g/mol. The van der Waals surface area contributed by atoms with Crippen molar-refractivity contribution in [2.24, 2.45) is 0 Å². The molecule has 1 aromatic carbocycles. The molecule has 1 saturated heterocycles. The number of ether oxygens (including phenoxy) is 2. The topological polar surface area (TPSA) is 85.1 Å². The van der Waals surface area contributed by atoms with Gasteiger partial charge in [-0.3, -0.25) is 9.00 Å². The lowest BCUT2D eigenvalue weighted by Gasteiger charge is -2.34. The lowest BCUT2D eigenvalue weighted by Crippen LogP contribution is -2.49. The van der Waals surface area contributed by atoms with Gasteiger partial charge in [-0.05, 0) is 31.7 Å². The van der Waals surface area contributed by atoms with Crippen LogP contribution in [0.15, 0.2) is 22.6 Å². The molecule has 9 heteroatoms. The summed E-state index contributed by atoms with van der Waals surface area (Å²) in [6.45, 7) is 8.00. The molecule has 3 rings (SSSR count). The average molecular weight is 436 g/mol. The number of hydrogen-bond donors (Lipinski definition) is 0. The number of piperazine rings is 1. The van der Waals surface area contributed by atoms with E-state index in [1.165, 1.54) is 0 Å². The molecular formula is C21H29N3O5S. The number of aromatic nitrogens is 1. The van der Waals surface area contributed by atoms with Gasteiger partial charge in [0.15, 0.2) is 11.5 Å².